The SMILES string of the molecule is COCCC1=C=Cc2c(N)nc3ccccc3c2N1CCCCNCS(=O)c1c(F)c(F)c(F)c(F)c1F. The predicted molar refractivity (Wildman–Crippen MR) is 136 cm³/mol. The van der Waals surface area contributed by atoms with Crippen LogP contribution in [0.25, 0.3) is 17.0 Å². The number of fused-ring (bicyclic) bond motifs is 3. The summed E-state index contributed by atoms with van der Waals surface area (Å²) in [4.78, 5) is 5.26. The number of nitrogens with zero attached hydrogens (tertiary/aromatic N) is 2. The Hall–Kier alpha value is -3.31. The van der Waals surface area contributed by atoms with E-state index in [-0.39, 0.29) is 0 Å². The molecule has 2 heterocycles. The smallest absolute Gasteiger partial charge is 0.200 e. The highest BCUT2D eigenvalue weighted by molar-refractivity contribution is 7.85. The largest absolute Gasteiger partial charge is 0.384 e. The highest BCUT2D eigenvalue weighted by Gasteiger charge is 2.29. The number of nitrogens with two attached hydrogens (primary N) is 1. The number of methoxy groups -OCH3 is 1. The Labute approximate surface area is 218 Å². The molecule has 3 aromatic rings. The van der Waals surface area contributed by atoms with Crippen LogP contribution in [0.4, 0.5) is 33.5 Å². The van der Waals surface area contributed by atoms with Crippen molar-refractivity contribution in [2.24, 2.45) is 0 Å². The Balaban J connectivity index is 1.42. The number of hydrogen-bond donors (Lipinski definition) is 2. The number of nitrogens with one attached hydrogen (secondary N) is 1. The molecule has 0 saturated carbocycles. The molecule has 38 heavy (non-hydrogen) atoms. The lowest BCUT2D eigenvalue weighted by molar-refractivity contribution is 0.201. The minimum Gasteiger partial charge on any atom is -0.384 e. The molecule has 1 aliphatic rings. The summed E-state index contributed by atoms with van der Waals surface area (Å²) < 4.78 is 85.4. The molecule has 0 aliphatic carbocycles. The van der Waals surface area contributed by atoms with Crippen molar-refractivity contribution in [1.29, 1.82) is 0 Å². The van der Waals surface area contributed by atoms with E-state index in [9.17, 15) is 26.2 Å². The van der Waals surface area contributed by atoms with Crippen LogP contribution in [-0.4, -0.2) is 41.9 Å². The van der Waals surface area contributed by atoms with Gasteiger partial charge in [-0.25, -0.2) is 26.9 Å². The fourth-order valence-electron chi connectivity index (χ4n) is 4.22. The maximum Gasteiger partial charge on any atom is 0.200 e. The predicted octanol–water partition coefficient (Wildman–Crippen LogP) is 5.00. The molecular formula is C26H25F5N4O2S. The number of unbranched alkanes of at least 4 members (excludes halogenated alkanes) is 1. The van der Waals surface area contributed by atoms with Gasteiger partial charge in [-0.15, -0.1) is 0 Å². The molecule has 3 N–H and O–H groups in total. The molecule has 0 fully saturated rings. The van der Waals surface area contributed by atoms with E-state index >= 15 is 0 Å². The minimum atomic E-state index is -2.47. The van der Waals surface area contributed by atoms with E-state index in [0.717, 1.165) is 27.9 Å². The van der Waals surface area contributed by atoms with Gasteiger partial charge in [0.2, 0.25) is 5.82 Å². The van der Waals surface area contributed by atoms with Crippen LogP contribution in [0.3, 0.4) is 0 Å². The fourth-order valence-corrected chi connectivity index (χ4v) is 5.28. The zero-order valence-electron chi connectivity index (χ0n) is 20.4. The van der Waals surface area contributed by atoms with Crippen molar-refractivity contribution >= 4 is 39.3 Å². The Kier molecular flexibility index (Phi) is 8.78. The number of benzene rings is 2. The Bertz CT molecular complexity index is 1430. The van der Waals surface area contributed by atoms with Gasteiger partial charge in [0.25, 0.3) is 0 Å². The number of para-hydroxylation sites is 1. The van der Waals surface area contributed by atoms with E-state index in [2.05, 4.69) is 20.9 Å². The van der Waals surface area contributed by atoms with Gasteiger partial charge in [0, 0.05) is 31.0 Å². The monoisotopic (exact) mass is 552 g/mol. The van der Waals surface area contributed by atoms with Crippen molar-refractivity contribution in [1.82, 2.24) is 10.3 Å². The van der Waals surface area contributed by atoms with E-state index in [4.69, 9.17) is 10.5 Å². The van der Waals surface area contributed by atoms with E-state index < -0.39 is 50.7 Å². The standard InChI is InChI=1S/C26H25F5N4O2S/c1-37-13-10-15-8-9-17-24(16-6-2-3-7-18(16)34-26(17)32)35(15)12-5-4-11-33-14-38(36)25-22(30)20(28)19(27)21(29)23(25)31/h2-3,6-7,9,33H,4-5,10-14H2,1H3,(H2,32,34). The summed E-state index contributed by atoms with van der Waals surface area (Å²) in [6.45, 7) is 1.36. The topological polar surface area (TPSA) is 80.5 Å². The Morgan fingerprint density at radius 2 is 1.74 bits per heavy atom. The summed E-state index contributed by atoms with van der Waals surface area (Å²) in [5.74, 6) is -10.8. The molecule has 0 spiro atoms. The number of pyridine rings is 1. The fraction of sp³-hybridized carbons (Fsp3) is 0.308. The quantitative estimate of drug-likeness (QED) is 0.115. The van der Waals surface area contributed by atoms with Gasteiger partial charge in [-0.2, -0.15) is 0 Å². The van der Waals surface area contributed by atoms with Crippen molar-refractivity contribution in [3.05, 3.63) is 70.3 Å². The van der Waals surface area contributed by atoms with Crippen LogP contribution >= 0.6 is 0 Å². The molecule has 2 aromatic carbocycles. The maximum absolute atomic E-state index is 13.9. The van der Waals surface area contributed by atoms with Gasteiger partial charge < -0.3 is 20.7 Å². The van der Waals surface area contributed by atoms with Crippen molar-refractivity contribution < 1.29 is 30.9 Å². The summed E-state index contributed by atoms with van der Waals surface area (Å²) >= 11 is 0. The van der Waals surface area contributed by atoms with Crippen molar-refractivity contribution in [3.63, 3.8) is 0 Å². The van der Waals surface area contributed by atoms with Gasteiger partial charge in [-0.1, -0.05) is 23.9 Å². The van der Waals surface area contributed by atoms with E-state index in [0.29, 0.717) is 44.8 Å². The molecule has 6 nitrogen and oxygen atoms in total. The third-order valence-corrected chi connectivity index (χ3v) is 7.35. The lowest BCUT2D eigenvalue weighted by Gasteiger charge is -2.31. The first-order chi connectivity index (χ1) is 18.3. The van der Waals surface area contributed by atoms with Crippen LogP contribution in [-0.2, 0) is 15.5 Å². The van der Waals surface area contributed by atoms with Crippen LogP contribution in [0.15, 0.2) is 40.6 Å². The highest BCUT2D eigenvalue weighted by Crippen LogP contribution is 2.38. The number of ether oxygens (including phenoxy) is 1. The number of rotatable bonds is 11. The van der Waals surface area contributed by atoms with Gasteiger partial charge in [0.15, 0.2) is 23.3 Å². The second-order valence-electron chi connectivity index (χ2n) is 8.50. The lowest BCUT2D eigenvalue weighted by Crippen LogP contribution is -2.28. The van der Waals surface area contributed by atoms with Crippen molar-refractivity contribution in [2.45, 2.75) is 24.2 Å². The van der Waals surface area contributed by atoms with Crippen LogP contribution in [0, 0.1) is 29.1 Å². The third-order valence-electron chi connectivity index (χ3n) is 6.07. The molecule has 1 atom stereocenters. The van der Waals surface area contributed by atoms with Crippen molar-refractivity contribution in [2.75, 3.05) is 43.3 Å². The summed E-state index contributed by atoms with van der Waals surface area (Å²) in [7, 11) is -0.858. The normalized spacial score (nSPS) is 13.6. The first kappa shape index (κ1) is 27.7. The van der Waals surface area contributed by atoms with Gasteiger partial charge in [0.05, 0.1) is 40.2 Å². The van der Waals surface area contributed by atoms with E-state index in [1.54, 1.807) is 7.11 Å². The van der Waals surface area contributed by atoms with Crippen LogP contribution in [0.5, 0.6) is 0 Å². The van der Waals surface area contributed by atoms with Crippen LogP contribution in [0.1, 0.15) is 24.8 Å². The molecule has 1 unspecified atom stereocenters. The minimum absolute atomic E-state index is 0.300. The third kappa shape index (κ3) is 5.44. The maximum atomic E-state index is 13.9. The zero-order chi connectivity index (χ0) is 27.4. The summed E-state index contributed by atoms with van der Waals surface area (Å²) in [5.41, 5.74) is 12.9. The average Bonchev–Trinajstić information content (AvgIpc) is 2.91. The van der Waals surface area contributed by atoms with Gasteiger partial charge >= 0.3 is 0 Å². The molecule has 12 heteroatoms. The molecule has 1 aliphatic heterocycles. The summed E-state index contributed by atoms with van der Waals surface area (Å²) in [6.07, 6.45) is 3.65. The number of anilines is 2. The second kappa shape index (κ2) is 12.0. The molecular weight excluding hydrogens is 527 g/mol. The molecule has 1 aromatic heterocycles. The number of halogens is 5. The Morgan fingerprint density at radius 1 is 1.05 bits per heavy atom. The average molecular weight is 553 g/mol. The number of hydrogen-bond acceptors (Lipinski definition) is 6. The molecule has 4 rings (SSSR count). The van der Waals surface area contributed by atoms with E-state index in [1.807, 2.05) is 30.3 Å². The lowest BCUT2D eigenvalue weighted by atomic mass is 10.0. The molecule has 0 radical (unpaired) electrons. The van der Waals surface area contributed by atoms with Gasteiger partial charge in [-0.3, -0.25) is 4.21 Å². The Morgan fingerprint density at radius 3 is 2.45 bits per heavy atom. The first-order valence-corrected chi connectivity index (χ1v) is 13.1. The number of nitrogen functional groups attached to an aromatic ring is 1. The molecule has 202 valence electrons. The molecule has 0 bridgehead atoms. The van der Waals surface area contributed by atoms with Crippen molar-refractivity contribution in [3.8, 4) is 0 Å². The molecule has 0 saturated heterocycles. The van der Waals surface area contributed by atoms with Crippen LogP contribution in [0.2, 0.25) is 0 Å². The van der Waals surface area contributed by atoms with Gasteiger partial charge in [0.1, 0.15) is 10.7 Å². The van der Waals surface area contributed by atoms with E-state index in [1.165, 1.54) is 0 Å². The first-order valence-electron chi connectivity index (χ1n) is 11.8. The van der Waals surface area contributed by atoms with Gasteiger partial charge in [-0.05, 0) is 31.5 Å². The zero-order valence-corrected chi connectivity index (χ0v) is 21.2. The summed E-state index contributed by atoms with van der Waals surface area (Å²) in [6, 6.07) is 7.66. The summed E-state index contributed by atoms with van der Waals surface area (Å²) in [5, 5.41) is 3.69. The molecule has 0 amide bonds. The highest BCUT2D eigenvalue weighted by atomic mass is 32.2. The van der Waals surface area contributed by atoms with Crippen LogP contribution < -0.4 is 16.0 Å². The second-order valence-corrected chi connectivity index (χ2v) is 9.89. The number of aromatic nitrogens is 1.